The first-order valence-electron chi connectivity index (χ1n) is 22.8. The van der Waals surface area contributed by atoms with Crippen LogP contribution in [0.25, 0.3) is 104 Å². The molecule has 66 heavy (non-hydrogen) atoms. The molecule has 1 aromatic heterocycles. The Balaban J connectivity index is 1.10. The van der Waals surface area contributed by atoms with Crippen molar-refractivity contribution in [2.75, 3.05) is 4.90 Å². The summed E-state index contributed by atoms with van der Waals surface area (Å²) in [4.78, 5) is 2.46. The maximum absolute atomic E-state index is 2.46. The second-order valence-electron chi connectivity index (χ2n) is 17.2. The molecule has 0 N–H and O–H groups in total. The average molecular weight is 839 g/mol. The zero-order valence-corrected chi connectivity index (χ0v) is 36.1. The number of rotatable bonds is 7. The molecule has 0 unspecified atom stereocenters. The highest BCUT2D eigenvalue weighted by atomic mass is 15.1. The fraction of sp³-hybridized carbons (Fsp3) is 0. The van der Waals surface area contributed by atoms with Gasteiger partial charge in [-0.05, 0) is 126 Å². The molecule has 2 heteroatoms. The number of hydrogen-bond donors (Lipinski definition) is 0. The van der Waals surface area contributed by atoms with Gasteiger partial charge in [-0.3, -0.25) is 0 Å². The van der Waals surface area contributed by atoms with Crippen molar-refractivity contribution in [3.8, 4) is 39.1 Å². The van der Waals surface area contributed by atoms with Crippen LogP contribution in [-0.2, 0) is 0 Å². The second-order valence-corrected chi connectivity index (χ2v) is 17.2. The van der Waals surface area contributed by atoms with Crippen LogP contribution in [0.1, 0.15) is 0 Å². The van der Waals surface area contributed by atoms with Crippen molar-refractivity contribution in [1.29, 1.82) is 0 Å². The summed E-state index contributed by atoms with van der Waals surface area (Å²) in [6.45, 7) is 0. The van der Waals surface area contributed by atoms with Gasteiger partial charge in [-0.15, -0.1) is 0 Å². The molecule has 0 saturated carbocycles. The van der Waals surface area contributed by atoms with Crippen LogP contribution in [0.5, 0.6) is 0 Å². The standard InChI is InChI=1S/C64H42N2/c1-3-20-45(21-4-1)63-57-32-12-11-30-54(57)55-38-36-49(42-59(55)64(63)46-22-5-2-6-23-46)65(48-27-15-26-47(40-48)52-33-16-24-43-18-7-9-28-51(43)52)50-37-39-62-58(41-50)56-31-13-14-34-61(56)66(62)60-35-17-25-44-19-8-10-29-53(44)60/h1-42H. The van der Waals surface area contributed by atoms with E-state index in [1.165, 1.54) is 104 Å². The lowest BCUT2D eigenvalue weighted by molar-refractivity contribution is 1.20. The highest BCUT2D eigenvalue weighted by molar-refractivity contribution is 6.22. The van der Waals surface area contributed by atoms with E-state index in [0.717, 1.165) is 17.1 Å². The molecule has 0 amide bonds. The Bertz CT molecular complexity index is 3980. The average Bonchev–Trinajstić information content (AvgIpc) is 3.72. The van der Waals surface area contributed by atoms with E-state index < -0.39 is 0 Å². The molecule has 0 bridgehead atoms. The molecular formula is C64H42N2. The number of hydrogen-bond acceptors (Lipinski definition) is 1. The maximum Gasteiger partial charge on any atom is 0.0542 e. The molecule has 0 aliphatic heterocycles. The largest absolute Gasteiger partial charge is 0.310 e. The van der Waals surface area contributed by atoms with Crippen LogP contribution in [0.4, 0.5) is 17.1 Å². The lowest BCUT2D eigenvalue weighted by atomic mass is 9.85. The van der Waals surface area contributed by atoms with Gasteiger partial charge in [-0.2, -0.15) is 0 Å². The molecule has 0 fully saturated rings. The first kappa shape index (κ1) is 37.8. The monoisotopic (exact) mass is 838 g/mol. The third-order valence-electron chi connectivity index (χ3n) is 13.5. The van der Waals surface area contributed by atoms with E-state index in [4.69, 9.17) is 0 Å². The zero-order chi connectivity index (χ0) is 43.6. The Morgan fingerprint density at radius 2 is 0.742 bits per heavy atom. The van der Waals surface area contributed by atoms with Crippen LogP contribution in [0.2, 0.25) is 0 Å². The number of benzene rings is 12. The van der Waals surface area contributed by atoms with E-state index in [0.29, 0.717) is 0 Å². The van der Waals surface area contributed by atoms with E-state index in [-0.39, 0.29) is 0 Å². The summed E-state index contributed by atoms with van der Waals surface area (Å²) in [5, 5.41) is 12.3. The van der Waals surface area contributed by atoms with Gasteiger partial charge in [0.25, 0.3) is 0 Å². The van der Waals surface area contributed by atoms with Gasteiger partial charge in [0.15, 0.2) is 0 Å². The third kappa shape index (κ3) is 6.11. The molecule has 0 atom stereocenters. The van der Waals surface area contributed by atoms with Gasteiger partial charge in [0.1, 0.15) is 0 Å². The first-order valence-corrected chi connectivity index (χ1v) is 22.8. The van der Waals surface area contributed by atoms with Gasteiger partial charge >= 0.3 is 0 Å². The van der Waals surface area contributed by atoms with Crippen molar-refractivity contribution in [1.82, 2.24) is 4.57 Å². The fourth-order valence-electron chi connectivity index (χ4n) is 10.6. The van der Waals surface area contributed by atoms with Crippen LogP contribution >= 0.6 is 0 Å². The fourth-order valence-corrected chi connectivity index (χ4v) is 10.6. The maximum atomic E-state index is 2.46. The Labute approximate surface area is 383 Å². The summed E-state index contributed by atoms with van der Waals surface area (Å²) in [5.41, 5.74) is 14.0. The molecule has 13 rings (SSSR count). The van der Waals surface area contributed by atoms with Crippen molar-refractivity contribution in [3.63, 3.8) is 0 Å². The molecule has 0 radical (unpaired) electrons. The van der Waals surface area contributed by atoms with Gasteiger partial charge in [0.2, 0.25) is 0 Å². The minimum atomic E-state index is 1.08. The van der Waals surface area contributed by atoms with Crippen molar-refractivity contribution < 1.29 is 0 Å². The minimum Gasteiger partial charge on any atom is -0.310 e. The summed E-state index contributed by atoms with van der Waals surface area (Å²) >= 11 is 0. The van der Waals surface area contributed by atoms with E-state index in [1.807, 2.05) is 0 Å². The molecule has 0 aliphatic carbocycles. The number of fused-ring (bicyclic) bond motifs is 8. The van der Waals surface area contributed by atoms with Gasteiger partial charge in [0.05, 0.1) is 16.7 Å². The minimum absolute atomic E-state index is 1.08. The molecule has 0 aliphatic rings. The molecule has 12 aromatic carbocycles. The van der Waals surface area contributed by atoms with Gasteiger partial charge in [0, 0.05) is 33.2 Å². The summed E-state index contributed by atoms with van der Waals surface area (Å²) < 4.78 is 2.45. The molecule has 13 aromatic rings. The highest BCUT2D eigenvalue weighted by Crippen LogP contribution is 2.48. The van der Waals surface area contributed by atoms with Crippen LogP contribution in [0.3, 0.4) is 0 Å². The topological polar surface area (TPSA) is 8.17 Å². The van der Waals surface area contributed by atoms with Crippen molar-refractivity contribution in [2.45, 2.75) is 0 Å². The Kier molecular flexibility index (Phi) is 8.89. The lowest BCUT2D eigenvalue weighted by Crippen LogP contribution is -2.10. The van der Waals surface area contributed by atoms with E-state index >= 15 is 0 Å². The number of anilines is 3. The van der Waals surface area contributed by atoms with Crippen LogP contribution in [-0.4, -0.2) is 4.57 Å². The molecule has 2 nitrogen and oxygen atoms in total. The smallest absolute Gasteiger partial charge is 0.0542 e. The van der Waals surface area contributed by atoms with Crippen molar-refractivity contribution in [2.24, 2.45) is 0 Å². The second kappa shape index (κ2) is 15.5. The van der Waals surface area contributed by atoms with Gasteiger partial charge in [-0.1, -0.05) is 200 Å². The Morgan fingerprint density at radius 1 is 0.258 bits per heavy atom. The summed E-state index contributed by atoms with van der Waals surface area (Å²) in [5.74, 6) is 0. The number of nitrogens with zero attached hydrogens (tertiary/aromatic N) is 2. The van der Waals surface area contributed by atoms with Crippen molar-refractivity contribution >= 4 is 82.0 Å². The van der Waals surface area contributed by atoms with Crippen molar-refractivity contribution in [3.05, 3.63) is 255 Å². The molecular weight excluding hydrogens is 797 g/mol. The van der Waals surface area contributed by atoms with Crippen LogP contribution in [0, 0.1) is 0 Å². The predicted octanol–water partition coefficient (Wildman–Crippen LogP) is 17.9. The van der Waals surface area contributed by atoms with E-state index in [2.05, 4.69) is 264 Å². The zero-order valence-electron chi connectivity index (χ0n) is 36.1. The number of aromatic nitrogens is 1. The number of para-hydroxylation sites is 1. The SMILES string of the molecule is c1ccc(-c2c(-c3ccccc3)c3cc(N(c4cccc(-c5cccc6ccccc56)c4)c4ccc5c(c4)c4ccccc4n5-c4cccc5ccccc45)ccc3c3ccccc23)cc1. The molecule has 1 heterocycles. The summed E-state index contributed by atoms with van der Waals surface area (Å²) in [6.07, 6.45) is 0. The lowest BCUT2D eigenvalue weighted by Gasteiger charge is -2.27. The summed E-state index contributed by atoms with van der Waals surface area (Å²) in [6, 6.07) is 93.4. The Hall–Kier alpha value is -8.72. The molecule has 0 saturated heterocycles. The van der Waals surface area contributed by atoms with E-state index in [1.54, 1.807) is 0 Å². The Morgan fingerprint density at radius 3 is 1.50 bits per heavy atom. The van der Waals surface area contributed by atoms with Crippen LogP contribution < -0.4 is 4.90 Å². The summed E-state index contributed by atoms with van der Waals surface area (Å²) in [7, 11) is 0. The molecule has 308 valence electrons. The van der Waals surface area contributed by atoms with Crippen LogP contribution in [0.15, 0.2) is 255 Å². The molecule has 0 spiro atoms. The first-order chi connectivity index (χ1) is 32.8. The third-order valence-corrected chi connectivity index (χ3v) is 13.5. The quantitative estimate of drug-likeness (QED) is 0.145. The normalized spacial score (nSPS) is 11.6. The van der Waals surface area contributed by atoms with Gasteiger partial charge in [-0.25, -0.2) is 0 Å². The predicted molar refractivity (Wildman–Crippen MR) is 282 cm³/mol. The highest BCUT2D eigenvalue weighted by Gasteiger charge is 2.22. The van der Waals surface area contributed by atoms with E-state index in [9.17, 15) is 0 Å². The van der Waals surface area contributed by atoms with Gasteiger partial charge < -0.3 is 9.47 Å².